The lowest BCUT2D eigenvalue weighted by molar-refractivity contribution is -0.117. The Morgan fingerprint density at radius 3 is 1.33 bits per heavy atom. The highest BCUT2D eigenvalue weighted by Crippen LogP contribution is 2.11. The van der Waals surface area contributed by atoms with Gasteiger partial charge >= 0.3 is 0 Å². The van der Waals surface area contributed by atoms with E-state index in [1.165, 1.54) is 0 Å². The summed E-state index contributed by atoms with van der Waals surface area (Å²) >= 11 is 0. The number of ketones is 1. The Morgan fingerprint density at radius 2 is 1.25 bits per heavy atom. The van der Waals surface area contributed by atoms with Crippen molar-refractivity contribution in [1.82, 2.24) is 0 Å². The quantitative estimate of drug-likeness (QED) is 0.543. The van der Waals surface area contributed by atoms with Gasteiger partial charge in [-0.25, -0.2) is 0 Å². The van der Waals surface area contributed by atoms with Crippen molar-refractivity contribution in [2.45, 2.75) is 60.3 Å². The first kappa shape index (κ1) is 14.2. The van der Waals surface area contributed by atoms with Gasteiger partial charge in [0.1, 0.15) is 5.78 Å². The summed E-state index contributed by atoms with van der Waals surface area (Å²) in [5.41, 5.74) is 0. The molecular formula is C11H24O. The Morgan fingerprint density at radius 1 is 1.00 bits per heavy atom. The van der Waals surface area contributed by atoms with E-state index in [9.17, 15) is 4.79 Å². The van der Waals surface area contributed by atoms with Crippen LogP contribution in [-0.2, 0) is 4.79 Å². The van der Waals surface area contributed by atoms with E-state index in [1.54, 1.807) is 0 Å². The van der Waals surface area contributed by atoms with Crippen molar-refractivity contribution in [1.29, 1.82) is 0 Å². The van der Waals surface area contributed by atoms with Gasteiger partial charge in [-0.1, -0.05) is 34.6 Å². The highest BCUT2D eigenvalue weighted by atomic mass is 16.1. The molecule has 0 aromatic carbocycles. The second-order valence-electron chi connectivity index (χ2n) is 3.48. The normalized spacial score (nSPS) is 14.7. The summed E-state index contributed by atoms with van der Waals surface area (Å²) in [6.07, 6.45) is 3.97. The molecule has 1 fully saturated rings. The molecule has 0 aromatic heterocycles. The van der Waals surface area contributed by atoms with Crippen LogP contribution in [-0.4, -0.2) is 5.78 Å². The van der Waals surface area contributed by atoms with Gasteiger partial charge in [-0.3, -0.25) is 4.79 Å². The van der Waals surface area contributed by atoms with E-state index < -0.39 is 0 Å². The van der Waals surface area contributed by atoms with Crippen LogP contribution in [0.25, 0.3) is 0 Å². The minimum atomic E-state index is 0.454. The molecule has 0 atom stereocenters. The average Bonchev–Trinajstić information content (AvgIpc) is 2.43. The van der Waals surface area contributed by atoms with Gasteiger partial charge in [0.15, 0.2) is 0 Å². The van der Waals surface area contributed by atoms with E-state index in [0.717, 1.165) is 31.6 Å². The van der Waals surface area contributed by atoms with Gasteiger partial charge < -0.3 is 0 Å². The predicted octanol–water partition coefficient (Wildman–Crippen LogP) is 3.82. The van der Waals surface area contributed by atoms with Crippen LogP contribution in [0.5, 0.6) is 0 Å². The minimum Gasteiger partial charge on any atom is -0.300 e. The molecule has 12 heavy (non-hydrogen) atoms. The summed E-state index contributed by atoms with van der Waals surface area (Å²) in [6.45, 7) is 10.5. The molecule has 1 saturated carbocycles. The maximum atomic E-state index is 10.2. The van der Waals surface area contributed by atoms with E-state index in [4.69, 9.17) is 0 Å². The molecule has 1 rings (SSSR count). The van der Waals surface area contributed by atoms with Gasteiger partial charge in [-0.05, 0) is 18.8 Å². The summed E-state index contributed by atoms with van der Waals surface area (Å²) < 4.78 is 0. The zero-order valence-electron chi connectivity index (χ0n) is 9.31. The molecule has 0 N–H and O–H groups in total. The molecular weight excluding hydrogens is 148 g/mol. The Hall–Kier alpha value is -0.330. The highest BCUT2D eigenvalue weighted by Gasteiger charge is 2.07. The third kappa shape index (κ3) is 16.3. The van der Waals surface area contributed by atoms with Gasteiger partial charge in [0.25, 0.3) is 0 Å². The summed E-state index contributed by atoms with van der Waals surface area (Å²) in [6, 6.07) is 0. The zero-order chi connectivity index (χ0) is 9.98. The second kappa shape index (κ2) is 10.7. The first-order chi connectivity index (χ1) is 5.63. The molecule has 1 nitrogen and oxygen atoms in total. The maximum absolute atomic E-state index is 10.2. The minimum absolute atomic E-state index is 0.454. The third-order valence-corrected chi connectivity index (χ3v) is 1.16. The molecule has 1 aliphatic rings. The smallest absolute Gasteiger partial charge is 0.132 e. The second-order valence-corrected chi connectivity index (χ2v) is 3.48. The Labute approximate surface area is 77.6 Å². The van der Waals surface area contributed by atoms with Crippen molar-refractivity contribution >= 4 is 5.78 Å². The fraction of sp³-hybridized carbons (Fsp3) is 0.909. The molecule has 0 aromatic rings. The molecule has 0 saturated heterocycles. The van der Waals surface area contributed by atoms with Crippen molar-refractivity contribution in [2.75, 3.05) is 0 Å². The van der Waals surface area contributed by atoms with E-state index in [1.807, 2.05) is 13.8 Å². The first-order valence-electron chi connectivity index (χ1n) is 5.14. The fourth-order valence-corrected chi connectivity index (χ4v) is 0.769. The lowest BCUT2D eigenvalue weighted by Gasteiger charge is -1.79. The predicted molar refractivity (Wildman–Crippen MR) is 55.3 cm³/mol. The molecule has 0 spiro atoms. The third-order valence-electron chi connectivity index (χ3n) is 1.16. The van der Waals surface area contributed by atoms with Crippen molar-refractivity contribution in [2.24, 2.45) is 5.92 Å². The summed E-state index contributed by atoms with van der Waals surface area (Å²) in [4.78, 5) is 10.2. The number of hydrogen-bond acceptors (Lipinski definition) is 1. The maximum Gasteiger partial charge on any atom is 0.132 e. The van der Waals surface area contributed by atoms with Crippen LogP contribution < -0.4 is 0 Å². The van der Waals surface area contributed by atoms with Crippen LogP contribution in [0.4, 0.5) is 0 Å². The van der Waals surface area contributed by atoms with Crippen LogP contribution in [0.3, 0.4) is 0 Å². The SMILES string of the molecule is CC.CC(C)C.O=C1CCCC1. The summed E-state index contributed by atoms with van der Waals surface area (Å²) in [7, 11) is 0. The van der Waals surface area contributed by atoms with Crippen LogP contribution >= 0.6 is 0 Å². The van der Waals surface area contributed by atoms with Gasteiger partial charge in [0.05, 0.1) is 0 Å². The van der Waals surface area contributed by atoms with Crippen molar-refractivity contribution in [3.05, 3.63) is 0 Å². The Kier molecular flexibility index (Phi) is 12.6. The largest absolute Gasteiger partial charge is 0.300 e. The monoisotopic (exact) mass is 172 g/mol. The van der Waals surface area contributed by atoms with E-state index in [0.29, 0.717) is 5.78 Å². The van der Waals surface area contributed by atoms with Crippen LogP contribution in [0, 0.1) is 5.92 Å². The Bertz CT molecular complexity index is 84.4. The molecule has 1 aliphatic carbocycles. The molecule has 74 valence electrons. The fourth-order valence-electron chi connectivity index (χ4n) is 0.769. The number of rotatable bonds is 0. The van der Waals surface area contributed by atoms with Crippen molar-refractivity contribution in [3.63, 3.8) is 0 Å². The number of carbonyl (C=O) groups excluding carboxylic acids is 1. The Balaban J connectivity index is 0. The molecule has 0 radical (unpaired) electrons. The van der Waals surface area contributed by atoms with E-state index in [2.05, 4.69) is 20.8 Å². The van der Waals surface area contributed by atoms with Gasteiger partial charge in [0, 0.05) is 12.8 Å². The molecule has 0 amide bonds. The highest BCUT2D eigenvalue weighted by molar-refractivity contribution is 5.79. The van der Waals surface area contributed by atoms with E-state index >= 15 is 0 Å². The van der Waals surface area contributed by atoms with Crippen molar-refractivity contribution < 1.29 is 4.79 Å². The van der Waals surface area contributed by atoms with Crippen LogP contribution in [0.2, 0.25) is 0 Å². The molecule has 0 unspecified atom stereocenters. The van der Waals surface area contributed by atoms with Crippen molar-refractivity contribution in [3.8, 4) is 0 Å². The average molecular weight is 172 g/mol. The standard InChI is InChI=1S/C5H8O.C4H10.C2H6/c6-5-3-1-2-4-5;1-4(2)3;1-2/h1-4H2;4H,1-3H3;1-2H3. The van der Waals surface area contributed by atoms with E-state index in [-0.39, 0.29) is 0 Å². The van der Waals surface area contributed by atoms with Gasteiger partial charge in [0.2, 0.25) is 0 Å². The summed E-state index contributed by atoms with van der Waals surface area (Å²) in [5.74, 6) is 1.29. The van der Waals surface area contributed by atoms with Gasteiger partial charge in [-0.15, -0.1) is 0 Å². The first-order valence-corrected chi connectivity index (χ1v) is 5.14. The zero-order valence-corrected chi connectivity index (χ0v) is 9.31. The lowest BCUT2D eigenvalue weighted by atomic mass is 10.3. The topological polar surface area (TPSA) is 17.1 Å². The summed E-state index contributed by atoms with van der Waals surface area (Å²) in [5, 5.41) is 0. The molecule has 0 aliphatic heterocycles. The molecule has 0 bridgehead atoms. The number of Topliss-reactive ketones (excluding diaryl/α,β-unsaturated/α-hetero) is 1. The van der Waals surface area contributed by atoms with Crippen LogP contribution in [0.15, 0.2) is 0 Å². The molecule has 0 heterocycles. The van der Waals surface area contributed by atoms with Crippen LogP contribution in [0.1, 0.15) is 60.3 Å². The molecule has 1 heteroatoms. The number of hydrogen-bond donors (Lipinski definition) is 0. The van der Waals surface area contributed by atoms with Gasteiger partial charge in [-0.2, -0.15) is 0 Å². The lowest BCUT2D eigenvalue weighted by Crippen LogP contribution is -1.81. The number of carbonyl (C=O) groups is 1.